The number of nitrogens with zero attached hydrogens (tertiary/aromatic N) is 3. The lowest BCUT2D eigenvalue weighted by Gasteiger charge is -2.36. The number of carbonyl (C=O) groups is 2. The first kappa shape index (κ1) is 25.8. The van der Waals surface area contributed by atoms with E-state index in [2.05, 4.69) is 20.2 Å². The molecule has 3 heterocycles. The zero-order valence-corrected chi connectivity index (χ0v) is 21.8. The quantitative estimate of drug-likeness (QED) is 0.231. The number of ether oxygens (including phenoxy) is 1. The van der Waals surface area contributed by atoms with Gasteiger partial charge in [-0.3, -0.25) is 24.7 Å². The predicted octanol–water partition coefficient (Wildman–Crippen LogP) is 4.16. The van der Waals surface area contributed by atoms with E-state index in [0.717, 1.165) is 27.2 Å². The number of thiazole rings is 1. The van der Waals surface area contributed by atoms with Crippen molar-refractivity contribution in [3.63, 3.8) is 0 Å². The van der Waals surface area contributed by atoms with Crippen molar-refractivity contribution in [1.82, 2.24) is 20.3 Å². The smallest absolute Gasteiger partial charge is 0.247 e. The van der Waals surface area contributed by atoms with Gasteiger partial charge in [-0.2, -0.15) is 0 Å². The minimum absolute atomic E-state index is 0.269. The number of anilines is 1. The largest absolute Gasteiger partial charge is 0.489 e. The number of aryl methyl sites for hydroxylation is 1. The first-order valence-electron chi connectivity index (χ1n) is 12.4. The molecule has 38 heavy (non-hydrogen) atoms. The van der Waals surface area contributed by atoms with Crippen LogP contribution in [0.25, 0.3) is 10.9 Å². The number of fused-ring (bicyclic) bond motifs is 1. The van der Waals surface area contributed by atoms with Crippen LogP contribution in [0.2, 0.25) is 0 Å². The van der Waals surface area contributed by atoms with Gasteiger partial charge in [-0.1, -0.05) is 18.2 Å². The lowest BCUT2D eigenvalue weighted by Crippen LogP contribution is -2.49. The number of hydrogen-bond donors (Lipinski definition) is 3. The van der Waals surface area contributed by atoms with Crippen LogP contribution in [0.5, 0.6) is 5.75 Å². The maximum atomic E-state index is 13.2. The Morgan fingerprint density at radius 3 is 2.71 bits per heavy atom. The van der Waals surface area contributed by atoms with Gasteiger partial charge < -0.3 is 10.1 Å². The third-order valence-corrected chi connectivity index (χ3v) is 7.53. The van der Waals surface area contributed by atoms with Crippen molar-refractivity contribution < 1.29 is 19.5 Å². The number of carbonyl (C=O) groups excluding carboxylic acids is 2. The Kier molecular flexibility index (Phi) is 7.92. The van der Waals surface area contributed by atoms with Crippen LogP contribution in [0.15, 0.2) is 66.2 Å². The highest BCUT2D eigenvalue weighted by atomic mass is 32.1. The van der Waals surface area contributed by atoms with Gasteiger partial charge in [0.05, 0.1) is 23.9 Å². The second kappa shape index (κ2) is 11.7. The molecule has 2 aromatic heterocycles. The zero-order chi connectivity index (χ0) is 26.5. The number of rotatable bonds is 8. The Balaban J connectivity index is 1.23. The van der Waals surface area contributed by atoms with Gasteiger partial charge in [0, 0.05) is 40.5 Å². The summed E-state index contributed by atoms with van der Waals surface area (Å²) >= 11 is 1.56. The number of piperidine rings is 1. The summed E-state index contributed by atoms with van der Waals surface area (Å²) in [5, 5.41) is 16.1. The molecule has 0 unspecified atom stereocenters. The second-order valence-electron chi connectivity index (χ2n) is 9.38. The normalized spacial score (nSPS) is 17.7. The Bertz CT molecular complexity index is 1410. The first-order valence-corrected chi connectivity index (χ1v) is 13.3. The number of hydrogen-bond acceptors (Lipinski definition) is 8. The number of para-hydroxylation sites is 1. The van der Waals surface area contributed by atoms with Crippen molar-refractivity contribution in [2.24, 2.45) is 11.8 Å². The molecular weight excluding hydrogens is 502 g/mol. The first-order chi connectivity index (χ1) is 18.5. The molecule has 0 radical (unpaired) electrons. The van der Waals surface area contributed by atoms with Gasteiger partial charge in [0.15, 0.2) is 0 Å². The van der Waals surface area contributed by atoms with Gasteiger partial charge in [-0.15, -0.1) is 11.3 Å². The number of likely N-dealkylation sites (tertiary alicyclic amines) is 1. The molecule has 1 fully saturated rings. The van der Waals surface area contributed by atoms with Crippen LogP contribution < -0.4 is 15.5 Å². The fourth-order valence-corrected chi connectivity index (χ4v) is 5.55. The van der Waals surface area contributed by atoms with Crippen molar-refractivity contribution in [3.8, 4) is 5.75 Å². The van der Waals surface area contributed by atoms with E-state index in [1.165, 1.54) is 0 Å². The third kappa shape index (κ3) is 5.99. The average molecular weight is 532 g/mol. The Morgan fingerprint density at radius 2 is 1.95 bits per heavy atom. The molecule has 1 aliphatic heterocycles. The summed E-state index contributed by atoms with van der Waals surface area (Å²) in [4.78, 5) is 36.6. The van der Waals surface area contributed by atoms with Gasteiger partial charge >= 0.3 is 0 Å². The summed E-state index contributed by atoms with van der Waals surface area (Å²) in [5.41, 5.74) is 5.25. The standard InChI is InChI=1S/C28H29N5O4S/c1-18-14-19(22-4-2-3-5-25(22)30-18)17-37-21-8-6-20(7-9-21)31-27(34)24-15-33(16-26-29-11-13-38-26)12-10-23(24)28(35)32-36/h2-9,11,13-14,23-24,36H,10,12,15-17H2,1H3,(H,31,34)(H,32,35)/t23-,24-/m0/s1. The summed E-state index contributed by atoms with van der Waals surface area (Å²) in [5.74, 6) is -1.37. The van der Waals surface area contributed by atoms with Crippen LogP contribution in [0.3, 0.4) is 0 Å². The molecule has 10 heteroatoms. The van der Waals surface area contributed by atoms with Gasteiger partial charge in [0.2, 0.25) is 11.8 Å². The van der Waals surface area contributed by atoms with E-state index in [0.29, 0.717) is 44.1 Å². The summed E-state index contributed by atoms with van der Waals surface area (Å²) in [6.45, 7) is 4.01. The number of pyridine rings is 1. The van der Waals surface area contributed by atoms with E-state index < -0.39 is 17.7 Å². The highest BCUT2D eigenvalue weighted by Gasteiger charge is 2.38. The molecule has 2 aromatic carbocycles. The zero-order valence-electron chi connectivity index (χ0n) is 21.0. The summed E-state index contributed by atoms with van der Waals surface area (Å²) in [6.07, 6.45) is 2.22. The van der Waals surface area contributed by atoms with Crippen molar-refractivity contribution in [3.05, 3.63) is 82.4 Å². The van der Waals surface area contributed by atoms with Gasteiger partial charge in [-0.05, 0) is 56.3 Å². The van der Waals surface area contributed by atoms with Crippen molar-refractivity contribution >= 4 is 39.7 Å². The van der Waals surface area contributed by atoms with Crippen LogP contribution in [0, 0.1) is 18.8 Å². The van der Waals surface area contributed by atoms with Crippen molar-refractivity contribution in [2.45, 2.75) is 26.5 Å². The lowest BCUT2D eigenvalue weighted by molar-refractivity contribution is -0.141. The average Bonchev–Trinajstić information content (AvgIpc) is 3.45. The Morgan fingerprint density at radius 1 is 1.13 bits per heavy atom. The van der Waals surface area contributed by atoms with E-state index in [4.69, 9.17) is 4.74 Å². The molecule has 2 atom stereocenters. The number of hydroxylamine groups is 1. The minimum Gasteiger partial charge on any atom is -0.489 e. The van der Waals surface area contributed by atoms with E-state index in [1.54, 1.807) is 47.3 Å². The molecule has 3 N–H and O–H groups in total. The van der Waals surface area contributed by atoms with Crippen LogP contribution in [-0.4, -0.2) is 45.0 Å². The summed E-state index contributed by atoms with van der Waals surface area (Å²) in [6, 6.07) is 17.2. The van der Waals surface area contributed by atoms with Gasteiger partial charge in [0.1, 0.15) is 17.4 Å². The Hall–Kier alpha value is -3.86. The molecule has 0 saturated carbocycles. The molecule has 9 nitrogen and oxygen atoms in total. The second-order valence-corrected chi connectivity index (χ2v) is 10.4. The molecule has 196 valence electrons. The molecule has 0 aliphatic carbocycles. The molecule has 1 saturated heterocycles. The van der Waals surface area contributed by atoms with Crippen LogP contribution in [0.4, 0.5) is 5.69 Å². The summed E-state index contributed by atoms with van der Waals surface area (Å²) < 4.78 is 6.03. The molecule has 4 aromatic rings. The lowest BCUT2D eigenvalue weighted by atomic mass is 9.84. The van der Waals surface area contributed by atoms with E-state index in [1.807, 2.05) is 42.6 Å². The van der Waals surface area contributed by atoms with Gasteiger partial charge in [0.25, 0.3) is 0 Å². The van der Waals surface area contributed by atoms with Crippen molar-refractivity contribution in [2.75, 3.05) is 18.4 Å². The minimum atomic E-state index is -0.617. The molecule has 0 spiro atoms. The van der Waals surface area contributed by atoms with E-state index >= 15 is 0 Å². The molecular formula is C28H29N5O4S. The Labute approximate surface area is 224 Å². The van der Waals surface area contributed by atoms with Crippen LogP contribution >= 0.6 is 11.3 Å². The SMILES string of the molecule is Cc1cc(COc2ccc(NC(=O)[C@H]3CN(Cc4nccs4)CC[C@@H]3C(=O)NO)cc2)c2ccccc2n1. The monoisotopic (exact) mass is 531 g/mol. The maximum absolute atomic E-state index is 13.2. The van der Waals surface area contributed by atoms with E-state index in [9.17, 15) is 14.8 Å². The highest BCUT2D eigenvalue weighted by molar-refractivity contribution is 7.09. The van der Waals surface area contributed by atoms with Crippen molar-refractivity contribution in [1.29, 1.82) is 0 Å². The number of amides is 2. The maximum Gasteiger partial charge on any atom is 0.247 e. The number of aromatic nitrogens is 2. The third-order valence-electron chi connectivity index (χ3n) is 6.77. The number of benzene rings is 2. The predicted molar refractivity (Wildman–Crippen MR) is 145 cm³/mol. The molecule has 0 bridgehead atoms. The number of nitrogens with one attached hydrogen (secondary N) is 2. The fourth-order valence-electron chi connectivity index (χ4n) is 4.89. The molecule has 2 amide bonds. The fraction of sp³-hybridized carbons (Fsp3) is 0.286. The topological polar surface area (TPSA) is 117 Å². The van der Waals surface area contributed by atoms with Crippen LogP contribution in [-0.2, 0) is 22.7 Å². The molecule has 5 rings (SSSR count). The van der Waals surface area contributed by atoms with Gasteiger partial charge in [-0.25, -0.2) is 10.5 Å². The van der Waals surface area contributed by atoms with Crippen LogP contribution in [0.1, 0.15) is 22.7 Å². The molecule has 1 aliphatic rings. The van der Waals surface area contributed by atoms with E-state index in [-0.39, 0.29) is 5.91 Å². The highest BCUT2D eigenvalue weighted by Crippen LogP contribution is 2.28. The summed E-state index contributed by atoms with van der Waals surface area (Å²) in [7, 11) is 0.